The second-order valence-corrected chi connectivity index (χ2v) is 10.2. The maximum absolute atomic E-state index is 14.2. The lowest BCUT2D eigenvalue weighted by atomic mass is 9.91. The second kappa shape index (κ2) is 9.08. The summed E-state index contributed by atoms with van der Waals surface area (Å²) in [6.45, 7) is 1.92. The van der Waals surface area contributed by atoms with Gasteiger partial charge in [-0.2, -0.15) is 4.98 Å². The van der Waals surface area contributed by atoms with Crippen molar-refractivity contribution in [3.8, 4) is 5.82 Å². The minimum absolute atomic E-state index is 0.180. The molecule has 1 fully saturated rings. The van der Waals surface area contributed by atoms with E-state index in [4.69, 9.17) is 11.6 Å². The molecule has 4 aromatic rings. The van der Waals surface area contributed by atoms with E-state index in [1.807, 2.05) is 0 Å². The van der Waals surface area contributed by atoms with Crippen LogP contribution in [-0.4, -0.2) is 44.1 Å². The maximum Gasteiger partial charge on any atom is 0.307 e. The first-order valence-corrected chi connectivity index (χ1v) is 12.5. The van der Waals surface area contributed by atoms with Crippen LogP contribution < -0.4 is 5.32 Å². The molecular formula is C27H24ClF2N5O2. The van der Waals surface area contributed by atoms with Gasteiger partial charge in [-0.05, 0) is 72.7 Å². The third-order valence-electron chi connectivity index (χ3n) is 7.06. The highest BCUT2D eigenvalue weighted by Gasteiger charge is 2.29. The maximum atomic E-state index is 14.2. The van der Waals surface area contributed by atoms with Crippen molar-refractivity contribution in [2.45, 2.75) is 38.1 Å². The molecule has 7 nitrogen and oxygen atoms in total. The van der Waals surface area contributed by atoms with E-state index in [-0.39, 0.29) is 34.1 Å². The van der Waals surface area contributed by atoms with E-state index in [1.54, 1.807) is 0 Å². The van der Waals surface area contributed by atoms with E-state index >= 15 is 0 Å². The summed E-state index contributed by atoms with van der Waals surface area (Å²) in [6.07, 6.45) is 6.00. The molecular weight excluding hydrogens is 500 g/mol. The fourth-order valence-electron chi connectivity index (χ4n) is 5.19. The number of nitrogens with zero attached hydrogens (tertiary/aromatic N) is 4. The van der Waals surface area contributed by atoms with E-state index < -0.39 is 17.6 Å². The third-order valence-corrected chi connectivity index (χ3v) is 7.33. The van der Waals surface area contributed by atoms with E-state index in [9.17, 15) is 18.7 Å². The summed E-state index contributed by atoms with van der Waals surface area (Å²) in [5.74, 6) is -2.10. The molecule has 190 valence electrons. The zero-order chi connectivity index (χ0) is 25.8. The lowest BCUT2D eigenvalue weighted by Crippen LogP contribution is -2.27. The van der Waals surface area contributed by atoms with Crippen LogP contribution in [0.4, 0.5) is 20.4 Å². The van der Waals surface area contributed by atoms with Gasteiger partial charge in [0, 0.05) is 36.4 Å². The van der Waals surface area contributed by atoms with E-state index in [1.165, 1.54) is 46.5 Å². The Labute approximate surface area is 216 Å². The number of hydrogen-bond acceptors (Lipinski definition) is 5. The average molecular weight is 524 g/mol. The number of carboxylic acids is 1. The molecule has 2 aliphatic rings. The van der Waals surface area contributed by atoms with Crippen LogP contribution in [-0.2, 0) is 24.2 Å². The number of fused-ring (bicyclic) bond motifs is 2. The number of carbonyl (C=O) groups is 1. The van der Waals surface area contributed by atoms with E-state index in [0.717, 1.165) is 37.3 Å². The van der Waals surface area contributed by atoms with E-state index in [2.05, 4.69) is 39.4 Å². The van der Waals surface area contributed by atoms with Gasteiger partial charge in [-0.15, -0.1) is 0 Å². The Kier molecular flexibility index (Phi) is 5.84. The summed E-state index contributed by atoms with van der Waals surface area (Å²) < 4.78 is 29.7. The van der Waals surface area contributed by atoms with Crippen molar-refractivity contribution >= 4 is 40.1 Å². The van der Waals surface area contributed by atoms with Crippen molar-refractivity contribution in [1.82, 2.24) is 19.4 Å². The van der Waals surface area contributed by atoms with Crippen molar-refractivity contribution < 1.29 is 18.7 Å². The molecule has 2 aromatic heterocycles. The number of rotatable bonds is 6. The van der Waals surface area contributed by atoms with Gasteiger partial charge in [0.1, 0.15) is 5.02 Å². The van der Waals surface area contributed by atoms with Crippen molar-refractivity contribution in [2.75, 3.05) is 18.9 Å². The summed E-state index contributed by atoms with van der Waals surface area (Å²) in [6, 6.07) is 6.32. The van der Waals surface area contributed by atoms with Gasteiger partial charge in [0.2, 0.25) is 5.95 Å². The van der Waals surface area contributed by atoms with Crippen LogP contribution >= 0.6 is 11.6 Å². The first-order valence-electron chi connectivity index (χ1n) is 12.1. The SMILES string of the molecule is CN1CCc2c(cc(Nc3ncc(Cl)c(-n4cc(CC(=O)O)c5cc(F)c(F)cc54)n3)cc2C2CC2)C1. The Morgan fingerprint density at radius 1 is 1.22 bits per heavy atom. The molecule has 0 bridgehead atoms. The van der Waals surface area contributed by atoms with Crippen LogP contribution in [0.25, 0.3) is 16.7 Å². The van der Waals surface area contributed by atoms with Gasteiger partial charge in [0.15, 0.2) is 17.5 Å². The van der Waals surface area contributed by atoms with Crippen molar-refractivity contribution in [3.63, 3.8) is 0 Å². The van der Waals surface area contributed by atoms with E-state index in [0.29, 0.717) is 11.5 Å². The zero-order valence-corrected chi connectivity index (χ0v) is 20.8. The number of anilines is 2. The van der Waals surface area contributed by atoms with Crippen molar-refractivity contribution in [3.05, 3.63) is 75.6 Å². The van der Waals surface area contributed by atoms with Crippen molar-refractivity contribution in [1.29, 1.82) is 0 Å². The third kappa shape index (κ3) is 4.53. The highest BCUT2D eigenvalue weighted by atomic mass is 35.5. The van der Waals surface area contributed by atoms with Crippen LogP contribution in [0.3, 0.4) is 0 Å². The zero-order valence-electron chi connectivity index (χ0n) is 20.1. The summed E-state index contributed by atoms with van der Waals surface area (Å²) in [4.78, 5) is 22.6. The molecule has 0 amide bonds. The van der Waals surface area contributed by atoms with Crippen LogP contribution in [0.5, 0.6) is 0 Å². The molecule has 2 N–H and O–H groups in total. The first-order chi connectivity index (χ1) is 17.8. The minimum atomic E-state index is -1.09. The van der Waals surface area contributed by atoms with Crippen LogP contribution in [0, 0.1) is 11.6 Å². The molecule has 1 saturated carbocycles. The number of aliphatic carboxylic acids is 1. The summed E-state index contributed by atoms with van der Waals surface area (Å²) in [5, 5.41) is 13.1. The van der Waals surface area contributed by atoms with Crippen LogP contribution in [0.1, 0.15) is 41.0 Å². The van der Waals surface area contributed by atoms with Crippen LogP contribution in [0.15, 0.2) is 36.7 Å². The van der Waals surface area contributed by atoms with Crippen molar-refractivity contribution in [2.24, 2.45) is 0 Å². The number of benzene rings is 2. The van der Waals surface area contributed by atoms with Crippen LogP contribution in [0.2, 0.25) is 5.02 Å². The molecule has 1 aliphatic heterocycles. The normalized spacial score (nSPS) is 15.7. The Bertz CT molecular complexity index is 1570. The number of nitrogens with one attached hydrogen (secondary N) is 1. The Morgan fingerprint density at radius 2 is 2.00 bits per heavy atom. The molecule has 0 atom stereocenters. The predicted octanol–water partition coefficient (Wildman–Crippen LogP) is 5.59. The summed E-state index contributed by atoms with van der Waals surface area (Å²) in [7, 11) is 2.11. The summed E-state index contributed by atoms with van der Waals surface area (Å²) >= 11 is 6.44. The smallest absolute Gasteiger partial charge is 0.307 e. The molecule has 0 radical (unpaired) electrons. The first kappa shape index (κ1) is 23.8. The number of hydrogen-bond donors (Lipinski definition) is 2. The highest BCUT2D eigenvalue weighted by molar-refractivity contribution is 6.32. The Morgan fingerprint density at radius 3 is 2.76 bits per heavy atom. The van der Waals surface area contributed by atoms with Gasteiger partial charge in [-0.3, -0.25) is 9.36 Å². The van der Waals surface area contributed by atoms with Gasteiger partial charge in [-0.25, -0.2) is 13.8 Å². The van der Waals surface area contributed by atoms with Gasteiger partial charge >= 0.3 is 5.97 Å². The standard InChI is InChI=1S/C27H24ClF2N5O2/c1-34-5-4-18-15(12-34)6-17(8-19(18)14-2-3-14)32-27-31-11-21(28)26(33-27)35-13-16(7-25(36)37)20-9-22(29)23(30)10-24(20)35/h6,8-11,13-14H,2-5,7,12H2,1H3,(H,36,37)(H,31,32,33). The van der Waals surface area contributed by atoms with Gasteiger partial charge in [-0.1, -0.05) is 11.6 Å². The quantitative estimate of drug-likeness (QED) is 0.343. The van der Waals surface area contributed by atoms with Gasteiger partial charge in [0.05, 0.1) is 18.1 Å². The lowest BCUT2D eigenvalue weighted by molar-refractivity contribution is -0.136. The minimum Gasteiger partial charge on any atom is -0.481 e. The number of aromatic nitrogens is 3. The van der Waals surface area contributed by atoms with Gasteiger partial charge in [0.25, 0.3) is 0 Å². The number of halogens is 3. The number of likely N-dealkylation sites (N-methyl/N-ethyl adjacent to an activating group) is 1. The monoisotopic (exact) mass is 523 g/mol. The second-order valence-electron chi connectivity index (χ2n) is 9.83. The molecule has 6 rings (SSSR count). The molecule has 37 heavy (non-hydrogen) atoms. The molecule has 3 heterocycles. The number of carboxylic acid groups (broad SMARTS) is 1. The molecule has 0 unspecified atom stereocenters. The summed E-state index contributed by atoms with van der Waals surface area (Å²) in [5.41, 5.74) is 5.58. The fraction of sp³-hybridized carbons (Fsp3) is 0.296. The molecule has 2 aromatic carbocycles. The predicted molar refractivity (Wildman–Crippen MR) is 137 cm³/mol. The lowest BCUT2D eigenvalue weighted by Gasteiger charge is -2.28. The highest BCUT2D eigenvalue weighted by Crippen LogP contribution is 2.44. The molecule has 1 aliphatic carbocycles. The molecule has 10 heteroatoms. The van der Waals surface area contributed by atoms with Gasteiger partial charge < -0.3 is 15.3 Å². The topological polar surface area (TPSA) is 83.3 Å². The Balaban J connectivity index is 1.41. The Hall–Kier alpha value is -3.56. The largest absolute Gasteiger partial charge is 0.481 e. The molecule has 0 spiro atoms. The fourth-order valence-corrected chi connectivity index (χ4v) is 5.37. The molecule has 0 saturated heterocycles. The average Bonchev–Trinajstić information content (AvgIpc) is 3.64.